The lowest BCUT2D eigenvalue weighted by molar-refractivity contribution is -0.139. The summed E-state index contributed by atoms with van der Waals surface area (Å²) in [7, 11) is 0. The van der Waals surface area contributed by atoms with Gasteiger partial charge in [0.25, 0.3) is 5.91 Å². The molecule has 0 saturated carbocycles. The van der Waals surface area contributed by atoms with Crippen molar-refractivity contribution in [3.05, 3.63) is 35.4 Å². The quantitative estimate of drug-likeness (QED) is 0.723. The summed E-state index contributed by atoms with van der Waals surface area (Å²) in [6.45, 7) is 4.24. The largest absolute Gasteiger partial charge is 0.480 e. The highest BCUT2D eigenvalue weighted by atomic mass is 16.4. The molecule has 4 N–H and O–H groups in total. The van der Waals surface area contributed by atoms with Gasteiger partial charge in [0.15, 0.2) is 0 Å². The molecular weight excluding hydrogens is 244 g/mol. The molecule has 1 aromatic carbocycles. The smallest absolute Gasteiger partial charge is 0.326 e. The van der Waals surface area contributed by atoms with Gasteiger partial charge >= 0.3 is 5.97 Å². The number of hydrogen-bond acceptors (Lipinski definition) is 3. The highest BCUT2D eigenvalue weighted by Gasteiger charge is 2.21. The van der Waals surface area contributed by atoms with Gasteiger partial charge in [-0.15, -0.1) is 0 Å². The first-order valence-corrected chi connectivity index (χ1v) is 6.26. The van der Waals surface area contributed by atoms with Crippen LogP contribution in [-0.2, 0) is 11.3 Å². The fourth-order valence-corrected chi connectivity index (χ4v) is 1.73. The third-order valence-corrected chi connectivity index (χ3v) is 2.76. The number of nitrogens with two attached hydrogens (primary N) is 1. The van der Waals surface area contributed by atoms with E-state index in [9.17, 15) is 9.59 Å². The van der Waals surface area contributed by atoms with Crippen molar-refractivity contribution in [1.82, 2.24) is 5.32 Å². The van der Waals surface area contributed by atoms with Crippen LogP contribution in [0.25, 0.3) is 0 Å². The Morgan fingerprint density at radius 2 is 1.84 bits per heavy atom. The van der Waals surface area contributed by atoms with Gasteiger partial charge in [0.2, 0.25) is 0 Å². The number of carbonyl (C=O) groups excluding carboxylic acids is 1. The number of carboxylic acid groups (broad SMARTS) is 1. The molecule has 0 aliphatic heterocycles. The Morgan fingerprint density at radius 1 is 1.26 bits per heavy atom. The van der Waals surface area contributed by atoms with E-state index in [1.54, 1.807) is 24.3 Å². The Balaban J connectivity index is 2.72. The zero-order valence-corrected chi connectivity index (χ0v) is 11.2. The molecule has 0 radical (unpaired) electrons. The summed E-state index contributed by atoms with van der Waals surface area (Å²) in [5.74, 6) is -1.20. The highest BCUT2D eigenvalue weighted by molar-refractivity contribution is 5.96. The first kappa shape index (κ1) is 15.2. The number of carbonyl (C=O) groups is 2. The fraction of sp³-hybridized carbons (Fsp3) is 0.429. The van der Waals surface area contributed by atoms with Gasteiger partial charge in [0.1, 0.15) is 6.04 Å². The Morgan fingerprint density at radius 3 is 2.26 bits per heavy atom. The minimum atomic E-state index is -1.01. The van der Waals surface area contributed by atoms with Gasteiger partial charge in [-0.3, -0.25) is 4.79 Å². The van der Waals surface area contributed by atoms with Crippen molar-refractivity contribution in [2.24, 2.45) is 11.7 Å². The van der Waals surface area contributed by atoms with Crippen LogP contribution in [0.3, 0.4) is 0 Å². The SMILES string of the molecule is CC(C)CC(NC(=O)c1ccc(CN)cc1)C(=O)O. The molecule has 0 fully saturated rings. The van der Waals surface area contributed by atoms with Crippen molar-refractivity contribution < 1.29 is 14.7 Å². The Hall–Kier alpha value is -1.88. The lowest BCUT2D eigenvalue weighted by Crippen LogP contribution is -2.41. The van der Waals surface area contributed by atoms with Crippen LogP contribution in [0.1, 0.15) is 36.2 Å². The molecule has 1 aromatic rings. The van der Waals surface area contributed by atoms with Crippen molar-refractivity contribution in [3.8, 4) is 0 Å². The van der Waals surface area contributed by atoms with Gasteiger partial charge in [0, 0.05) is 12.1 Å². The van der Waals surface area contributed by atoms with Crippen molar-refractivity contribution in [3.63, 3.8) is 0 Å². The third-order valence-electron chi connectivity index (χ3n) is 2.76. The van der Waals surface area contributed by atoms with E-state index in [0.717, 1.165) is 5.56 Å². The topological polar surface area (TPSA) is 92.4 Å². The molecule has 0 spiro atoms. The monoisotopic (exact) mass is 264 g/mol. The van der Waals surface area contributed by atoms with E-state index >= 15 is 0 Å². The van der Waals surface area contributed by atoms with Crippen LogP contribution in [0.5, 0.6) is 0 Å². The van der Waals surface area contributed by atoms with Crippen molar-refractivity contribution in [2.75, 3.05) is 0 Å². The highest BCUT2D eigenvalue weighted by Crippen LogP contribution is 2.08. The van der Waals surface area contributed by atoms with E-state index in [1.807, 2.05) is 13.8 Å². The van der Waals surface area contributed by atoms with Gasteiger partial charge in [-0.2, -0.15) is 0 Å². The van der Waals surface area contributed by atoms with E-state index in [-0.39, 0.29) is 11.8 Å². The van der Waals surface area contributed by atoms with Crippen LogP contribution in [0, 0.1) is 5.92 Å². The summed E-state index contributed by atoms with van der Waals surface area (Å²) in [4.78, 5) is 23.0. The second kappa shape index (κ2) is 6.89. The van der Waals surface area contributed by atoms with Crippen molar-refractivity contribution in [2.45, 2.75) is 32.9 Å². The summed E-state index contributed by atoms with van der Waals surface area (Å²) in [6.07, 6.45) is 0.405. The maximum atomic E-state index is 11.9. The molecule has 0 aliphatic rings. The second-order valence-corrected chi connectivity index (χ2v) is 4.89. The first-order valence-electron chi connectivity index (χ1n) is 6.26. The van der Waals surface area contributed by atoms with Crippen LogP contribution >= 0.6 is 0 Å². The lowest BCUT2D eigenvalue weighted by Gasteiger charge is -2.16. The number of hydrogen-bond donors (Lipinski definition) is 3. The van der Waals surface area contributed by atoms with Crippen LogP contribution in [0.2, 0.25) is 0 Å². The molecule has 5 heteroatoms. The molecule has 0 bridgehead atoms. The molecule has 1 amide bonds. The number of nitrogens with one attached hydrogen (secondary N) is 1. The number of rotatable bonds is 6. The maximum Gasteiger partial charge on any atom is 0.326 e. The first-order chi connectivity index (χ1) is 8.93. The van der Waals surface area contributed by atoms with Crippen molar-refractivity contribution in [1.29, 1.82) is 0 Å². The van der Waals surface area contributed by atoms with E-state index in [0.29, 0.717) is 18.5 Å². The minimum absolute atomic E-state index is 0.195. The van der Waals surface area contributed by atoms with Crippen LogP contribution in [0.4, 0.5) is 0 Å². The van der Waals surface area contributed by atoms with Crippen LogP contribution < -0.4 is 11.1 Å². The molecule has 19 heavy (non-hydrogen) atoms. The molecule has 0 aliphatic carbocycles. The third kappa shape index (κ3) is 4.71. The zero-order valence-electron chi connectivity index (χ0n) is 11.2. The Bertz CT molecular complexity index is 441. The summed E-state index contributed by atoms with van der Waals surface area (Å²) < 4.78 is 0. The molecule has 1 rings (SSSR count). The van der Waals surface area contributed by atoms with Crippen molar-refractivity contribution >= 4 is 11.9 Å². The standard InChI is InChI=1S/C14H20N2O3/c1-9(2)7-12(14(18)19)16-13(17)11-5-3-10(8-15)4-6-11/h3-6,9,12H,7-8,15H2,1-2H3,(H,16,17)(H,18,19). The van der Waals surface area contributed by atoms with E-state index in [2.05, 4.69) is 5.32 Å². The molecule has 0 aromatic heterocycles. The summed E-state index contributed by atoms with van der Waals surface area (Å²) in [6, 6.07) is 5.94. The van der Waals surface area contributed by atoms with Gasteiger partial charge in [0.05, 0.1) is 0 Å². The molecule has 0 heterocycles. The fourth-order valence-electron chi connectivity index (χ4n) is 1.73. The normalized spacial score (nSPS) is 12.2. The number of carboxylic acids is 1. The number of benzene rings is 1. The minimum Gasteiger partial charge on any atom is -0.480 e. The van der Waals surface area contributed by atoms with Gasteiger partial charge < -0.3 is 16.2 Å². The average molecular weight is 264 g/mol. The summed E-state index contributed by atoms with van der Waals surface area (Å²) in [5.41, 5.74) is 6.83. The lowest BCUT2D eigenvalue weighted by atomic mass is 10.0. The van der Waals surface area contributed by atoms with Gasteiger partial charge in [-0.1, -0.05) is 26.0 Å². The van der Waals surface area contributed by atoms with Gasteiger partial charge in [-0.05, 0) is 30.0 Å². The second-order valence-electron chi connectivity index (χ2n) is 4.89. The number of aliphatic carboxylic acids is 1. The van der Waals surface area contributed by atoms with Gasteiger partial charge in [-0.25, -0.2) is 4.79 Å². The summed E-state index contributed by atoms with van der Waals surface area (Å²) in [5, 5.41) is 11.6. The predicted octanol–water partition coefficient (Wildman–Crippen LogP) is 1.37. The molecular formula is C14H20N2O3. The molecule has 104 valence electrons. The van der Waals surface area contributed by atoms with E-state index in [4.69, 9.17) is 10.8 Å². The molecule has 1 atom stereocenters. The Kier molecular flexibility index (Phi) is 5.51. The molecule has 1 unspecified atom stereocenters. The van der Waals surface area contributed by atoms with Crippen LogP contribution in [0.15, 0.2) is 24.3 Å². The Labute approximate surface area is 112 Å². The average Bonchev–Trinajstić information content (AvgIpc) is 2.37. The summed E-state index contributed by atoms with van der Waals surface area (Å²) >= 11 is 0. The zero-order chi connectivity index (χ0) is 14.4. The number of amides is 1. The van der Waals surface area contributed by atoms with E-state index < -0.39 is 12.0 Å². The van der Waals surface area contributed by atoms with Crippen LogP contribution in [-0.4, -0.2) is 23.0 Å². The molecule has 5 nitrogen and oxygen atoms in total. The van der Waals surface area contributed by atoms with E-state index in [1.165, 1.54) is 0 Å². The molecule has 0 saturated heterocycles. The predicted molar refractivity (Wildman–Crippen MR) is 72.7 cm³/mol. The maximum absolute atomic E-state index is 11.9.